The SMILES string of the molecule is CNc1cnnc(C(C)C)c1. The Morgan fingerprint density at radius 2 is 2.18 bits per heavy atom. The van der Waals surface area contributed by atoms with Gasteiger partial charge in [0.25, 0.3) is 0 Å². The Balaban J connectivity index is 2.91. The number of hydrogen-bond donors (Lipinski definition) is 1. The summed E-state index contributed by atoms with van der Waals surface area (Å²) in [6.07, 6.45) is 1.71. The minimum atomic E-state index is 0.441. The Morgan fingerprint density at radius 1 is 1.45 bits per heavy atom. The molecule has 60 valence electrons. The van der Waals surface area contributed by atoms with Crippen molar-refractivity contribution < 1.29 is 0 Å². The molecule has 0 atom stereocenters. The first-order valence-corrected chi connectivity index (χ1v) is 3.74. The van der Waals surface area contributed by atoms with Crippen molar-refractivity contribution in [2.45, 2.75) is 19.8 Å². The van der Waals surface area contributed by atoms with Crippen molar-refractivity contribution in [3.05, 3.63) is 18.0 Å². The van der Waals surface area contributed by atoms with Gasteiger partial charge in [-0.05, 0) is 12.0 Å². The zero-order valence-electron chi connectivity index (χ0n) is 7.13. The molecule has 0 aromatic carbocycles. The molecule has 0 amide bonds. The zero-order valence-corrected chi connectivity index (χ0v) is 7.13. The van der Waals surface area contributed by atoms with E-state index in [2.05, 4.69) is 29.4 Å². The molecule has 1 aromatic heterocycles. The summed E-state index contributed by atoms with van der Waals surface area (Å²) in [5.41, 5.74) is 2.04. The molecule has 1 heterocycles. The summed E-state index contributed by atoms with van der Waals surface area (Å²) < 4.78 is 0. The predicted molar refractivity (Wildman–Crippen MR) is 45.7 cm³/mol. The number of hydrogen-bond acceptors (Lipinski definition) is 3. The predicted octanol–water partition coefficient (Wildman–Crippen LogP) is 1.64. The fraction of sp³-hybridized carbons (Fsp3) is 0.500. The Kier molecular flexibility index (Phi) is 2.41. The van der Waals surface area contributed by atoms with Gasteiger partial charge >= 0.3 is 0 Å². The molecular formula is C8H13N3. The molecule has 0 aliphatic heterocycles. The van der Waals surface area contributed by atoms with Crippen LogP contribution < -0.4 is 5.32 Å². The van der Waals surface area contributed by atoms with Crippen LogP contribution in [-0.4, -0.2) is 17.2 Å². The minimum Gasteiger partial charge on any atom is -0.387 e. The highest BCUT2D eigenvalue weighted by Gasteiger charge is 2.00. The van der Waals surface area contributed by atoms with E-state index >= 15 is 0 Å². The molecule has 0 aliphatic rings. The lowest BCUT2D eigenvalue weighted by molar-refractivity contribution is 0.786. The molecule has 1 rings (SSSR count). The average Bonchev–Trinajstić information content (AvgIpc) is 2.05. The summed E-state index contributed by atoms with van der Waals surface area (Å²) in [5, 5.41) is 10.9. The number of nitrogens with one attached hydrogen (secondary N) is 1. The highest BCUT2D eigenvalue weighted by Crippen LogP contribution is 2.13. The lowest BCUT2D eigenvalue weighted by Crippen LogP contribution is -1.97. The molecule has 0 fully saturated rings. The van der Waals surface area contributed by atoms with Crippen LogP contribution in [0.2, 0.25) is 0 Å². The van der Waals surface area contributed by atoms with Crippen molar-refractivity contribution >= 4 is 5.69 Å². The molecule has 1 aromatic rings. The Morgan fingerprint density at radius 3 is 2.73 bits per heavy atom. The fourth-order valence-electron chi connectivity index (χ4n) is 0.802. The Hall–Kier alpha value is -1.12. The van der Waals surface area contributed by atoms with Crippen molar-refractivity contribution in [3.63, 3.8) is 0 Å². The molecule has 0 bridgehead atoms. The average molecular weight is 151 g/mol. The maximum absolute atomic E-state index is 4.00. The summed E-state index contributed by atoms with van der Waals surface area (Å²) in [5.74, 6) is 0.441. The van der Waals surface area contributed by atoms with E-state index in [1.54, 1.807) is 6.20 Å². The molecule has 0 saturated carbocycles. The second kappa shape index (κ2) is 3.32. The van der Waals surface area contributed by atoms with Gasteiger partial charge in [-0.1, -0.05) is 13.8 Å². The van der Waals surface area contributed by atoms with Crippen LogP contribution in [0.25, 0.3) is 0 Å². The van der Waals surface area contributed by atoms with E-state index in [-0.39, 0.29) is 0 Å². The lowest BCUT2D eigenvalue weighted by Gasteiger charge is -2.04. The topological polar surface area (TPSA) is 37.8 Å². The molecular weight excluding hydrogens is 138 g/mol. The molecule has 3 heteroatoms. The highest BCUT2D eigenvalue weighted by molar-refractivity contribution is 5.40. The summed E-state index contributed by atoms with van der Waals surface area (Å²) >= 11 is 0. The second-order valence-electron chi connectivity index (χ2n) is 2.77. The standard InChI is InChI=1S/C8H13N3/c1-6(2)8-4-7(9-3)5-10-11-8/h4-6H,1-3H3,(H,9,11). The molecule has 3 nitrogen and oxygen atoms in total. The smallest absolute Gasteiger partial charge is 0.0727 e. The van der Waals surface area contributed by atoms with E-state index < -0.39 is 0 Å². The first kappa shape index (κ1) is 7.98. The van der Waals surface area contributed by atoms with E-state index in [4.69, 9.17) is 0 Å². The maximum Gasteiger partial charge on any atom is 0.0727 e. The van der Waals surface area contributed by atoms with Gasteiger partial charge in [0.2, 0.25) is 0 Å². The van der Waals surface area contributed by atoms with E-state index in [0.717, 1.165) is 11.4 Å². The molecule has 1 N–H and O–H groups in total. The van der Waals surface area contributed by atoms with E-state index in [9.17, 15) is 0 Å². The summed E-state index contributed by atoms with van der Waals surface area (Å²) in [4.78, 5) is 0. The van der Waals surface area contributed by atoms with Gasteiger partial charge < -0.3 is 5.32 Å². The minimum absolute atomic E-state index is 0.441. The number of anilines is 1. The molecule has 0 radical (unpaired) electrons. The third-order valence-electron chi connectivity index (χ3n) is 1.55. The van der Waals surface area contributed by atoms with Gasteiger partial charge in [-0.2, -0.15) is 10.2 Å². The monoisotopic (exact) mass is 151 g/mol. The number of aromatic nitrogens is 2. The van der Waals surface area contributed by atoms with Crippen molar-refractivity contribution in [1.82, 2.24) is 10.2 Å². The van der Waals surface area contributed by atoms with Crippen molar-refractivity contribution in [2.75, 3.05) is 12.4 Å². The first-order chi connectivity index (χ1) is 5.24. The van der Waals surface area contributed by atoms with Crippen molar-refractivity contribution in [3.8, 4) is 0 Å². The molecule has 0 unspecified atom stereocenters. The van der Waals surface area contributed by atoms with Gasteiger partial charge in [0.1, 0.15) is 0 Å². The third kappa shape index (κ3) is 1.90. The van der Waals surface area contributed by atoms with Crippen LogP contribution in [0.4, 0.5) is 5.69 Å². The maximum atomic E-state index is 4.00. The normalized spacial score (nSPS) is 10.2. The summed E-state index contributed by atoms with van der Waals surface area (Å²) in [7, 11) is 1.88. The number of rotatable bonds is 2. The summed E-state index contributed by atoms with van der Waals surface area (Å²) in [6.45, 7) is 4.20. The van der Waals surface area contributed by atoms with Gasteiger partial charge in [-0.15, -0.1) is 0 Å². The van der Waals surface area contributed by atoms with E-state index in [1.807, 2.05) is 13.1 Å². The zero-order chi connectivity index (χ0) is 8.27. The van der Waals surface area contributed by atoms with Crippen molar-refractivity contribution in [1.29, 1.82) is 0 Å². The highest BCUT2D eigenvalue weighted by atomic mass is 15.1. The van der Waals surface area contributed by atoms with Crippen LogP contribution in [0.15, 0.2) is 12.3 Å². The Bertz CT molecular complexity index is 233. The summed E-state index contributed by atoms with van der Waals surface area (Å²) in [6, 6.07) is 2.01. The molecule has 0 saturated heterocycles. The Labute approximate surface area is 66.8 Å². The van der Waals surface area contributed by atoms with Crippen LogP contribution in [0.5, 0.6) is 0 Å². The lowest BCUT2D eigenvalue weighted by atomic mass is 10.1. The van der Waals surface area contributed by atoms with Crippen LogP contribution in [0, 0.1) is 0 Å². The van der Waals surface area contributed by atoms with Crippen LogP contribution in [0.3, 0.4) is 0 Å². The molecule has 11 heavy (non-hydrogen) atoms. The third-order valence-corrected chi connectivity index (χ3v) is 1.55. The van der Waals surface area contributed by atoms with Gasteiger partial charge in [0.05, 0.1) is 17.6 Å². The van der Waals surface area contributed by atoms with Gasteiger partial charge in [-0.25, -0.2) is 0 Å². The van der Waals surface area contributed by atoms with Crippen LogP contribution in [0.1, 0.15) is 25.5 Å². The first-order valence-electron chi connectivity index (χ1n) is 3.74. The molecule has 0 spiro atoms. The number of nitrogens with zero attached hydrogens (tertiary/aromatic N) is 2. The van der Waals surface area contributed by atoms with Gasteiger partial charge in [0, 0.05) is 7.05 Å². The van der Waals surface area contributed by atoms with Gasteiger partial charge in [-0.3, -0.25) is 0 Å². The largest absolute Gasteiger partial charge is 0.387 e. The van der Waals surface area contributed by atoms with Crippen LogP contribution in [-0.2, 0) is 0 Å². The second-order valence-corrected chi connectivity index (χ2v) is 2.77. The van der Waals surface area contributed by atoms with Crippen molar-refractivity contribution in [2.24, 2.45) is 0 Å². The fourth-order valence-corrected chi connectivity index (χ4v) is 0.802. The van der Waals surface area contributed by atoms with Crippen LogP contribution >= 0.6 is 0 Å². The quantitative estimate of drug-likeness (QED) is 0.698. The molecule has 0 aliphatic carbocycles. The van der Waals surface area contributed by atoms with E-state index in [0.29, 0.717) is 5.92 Å². The van der Waals surface area contributed by atoms with Gasteiger partial charge in [0.15, 0.2) is 0 Å². The van der Waals surface area contributed by atoms with E-state index in [1.165, 1.54) is 0 Å².